The number of carbonyl (C=O) groups excluding carboxylic acids is 2. The average Bonchev–Trinajstić information content (AvgIpc) is 2.27. The van der Waals surface area contributed by atoms with Crippen LogP contribution in [0.25, 0.3) is 0 Å². The average molecular weight is 317 g/mol. The van der Waals surface area contributed by atoms with Gasteiger partial charge in [-0.3, -0.25) is 9.59 Å². The monoisotopic (exact) mass is 316 g/mol. The molecule has 0 radical (unpaired) electrons. The Morgan fingerprint density at radius 3 is 2.39 bits per heavy atom. The molecule has 1 aromatic heterocycles. The van der Waals surface area contributed by atoms with Crippen LogP contribution < -0.4 is 21.7 Å². The van der Waals surface area contributed by atoms with Crippen molar-refractivity contribution in [3.8, 4) is 0 Å². The molecule has 0 fully saturated rings. The molecule has 0 saturated heterocycles. The number of aromatic nitrogens is 2. The minimum absolute atomic E-state index is 0.165. The SMILES string of the molecule is CNc1ncc(Br)c(N(CC(N)=O)CC(N)=O)n1. The van der Waals surface area contributed by atoms with E-state index in [4.69, 9.17) is 11.5 Å². The first-order valence-electron chi connectivity index (χ1n) is 4.96. The summed E-state index contributed by atoms with van der Waals surface area (Å²) in [6.07, 6.45) is 1.50. The van der Waals surface area contributed by atoms with Crippen LogP contribution in [0.15, 0.2) is 10.7 Å². The quantitative estimate of drug-likeness (QED) is 0.621. The zero-order valence-electron chi connectivity index (χ0n) is 9.68. The molecule has 0 aliphatic heterocycles. The molecule has 0 aliphatic rings. The molecule has 0 spiro atoms. The van der Waals surface area contributed by atoms with E-state index in [1.807, 2.05) is 0 Å². The van der Waals surface area contributed by atoms with Gasteiger partial charge < -0.3 is 21.7 Å². The molecule has 98 valence electrons. The summed E-state index contributed by atoms with van der Waals surface area (Å²) in [5.41, 5.74) is 10.2. The van der Waals surface area contributed by atoms with Crippen LogP contribution in [0.2, 0.25) is 0 Å². The summed E-state index contributed by atoms with van der Waals surface area (Å²) < 4.78 is 0.531. The van der Waals surface area contributed by atoms with Gasteiger partial charge in [-0.15, -0.1) is 0 Å². The molecular formula is C9H13BrN6O2. The second-order valence-electron chi connectivity index (χ2n) is 3.40. The van der Waals surface area contributed by atoms with Gasteiger partial charge in [-0.2, -0.15) is 4.98 Å². The maximum Gasteiger partial charge on any atom is 0.237 e. The molecule has 0 atom stereocenters. The van der Waals surface area contributed by atoms with Crippen molar-refractivity contribution in [1.82, 2.24) is 9.97 Å². The van der Waals surface area contributed by atoms with Crippen molar-refractivity contribution in [1.29, 1.82) is 0 Å². The number of nitrogens with zero attached hydrogens (tertiary/aromatic N) is 3. The minimum Gasteiger partial charge on any atom is -0.368 e. The van der Waals surface area contributed by atoms with Gasteiger partial charge in [-0.1, -0.05) is 0 Å². The summed E-state index contributed by atoms with van der Waals surface area (Å²) in [5, 5.41) is 2.75. The highest BCUT2D eigenvalue weighted by Crippen LogP contribution is 2.23. The molecule has 2 amide bonds. The van der Waals surface area contributed by atoms with Crippen LogP contribution >= 0.6 is 15.9 Å². The maximum absolute atomic E-state index is 11.0. The Labute approximate surface area is 112 Å². The van der Waals surface area contributed by atoms with Gasteiger partial charge in [0.1, 0.15) is 5.82 Å². The fourth-order valence-corrected chi connectivity index (χ4v) is 1.72. The van der Waals surface area contributed by atoms with Crippen molar-refractivity contribution in [2.45, 2.75) is 0 Å². The molecule has 1 rings (SSSR count). The minimum atomic E-state index is -0.590. The highest BCUT2D eigenvalue weighted by molar-refractivity contribution is 9.10. The highest BCUT2D eigenvalue weighted by atomic mass is 79.9. The number of rotatable bonds is 6. The largest absolute Gasteiger partial charge is 0.368 e. The van der Waals surface area contributed by atoms with Crippen molar-refractivity contribution >= 4 is 39.5 Å². The fourth-order valence-electron chi connectivity index (χ4n) is 1.28. The van der Waals surface area contributed by atoms with Gasteiger partial charge in [-0.05, 0) is 15.9 Å². The Morgan fingerprint density at radius 2 is 1.94 bits per heavy atom. The summed E-state index contributed by atoms with van der Waals surface area (Å²) >= 11 is 3.24. The fraction of sp³-hybridized carbons (Fsp3) is 0.333. The van der Waals surface area contributed by atoms with Crippen molar-refractivity contribution < 1.29 is 9.59 Å². The van der Waals surface area contributed by atoms with E-state index in [1.165, 1.54) is 11.1 Å². The van der Waals surface area contributed by atoms with Crippen LogP contribution in [0.5, 0.6) is 0 Å². The number of hydrogen-bond acceptors (Lipinski definition) is 6. The summed E-state index contributed by atoms with van der Waals surface area (Å²) in [7, 11) is 1.65. The van der Waals surface area contributed by atoms with Crippen molar-refractivity contribution in [3.05, 3.63) is 10.7 Å². The Kier molecular flexibility index (Phi) is 4.84. The van der Waals surface area contributed by atoms with E-state index in [2.05, 4.69) is 31.2 Å². The molecule has 8 nitrogen and oxygen atoms in total. The van der Waals surface area contributed by atoms with Crippen molar-refractivity contribution in [2.24, 2.45) is 11.5 Å². The smallest absolute Gasteiger partial charge is 0.237 e. The number of amides is 2. The lowest BCUT2D eigenvalue weighted by Crippen LogP contribution is -2.40. The lowest BCUT2D eigenvalue weighted by atomic mass is 10.4. The van der Waals surface area contributed by atoms with E-state index in [-0.39, 0.29) is 13.1 Å². The van der Waals surface area contributed by atoms with Crippen molar-refractivity contribution in [3.63, 3.8) is 0 Å². The second kappa shape index (κ2) is 6.15. The molecule has 1 aromatic rings. The van der Waals surface area contributed by atoms with E-state index in [0.29, 0.717) is 16.2 Å². The Balaban J connectivity index is 3.09. The standard InChI is InChI=1S/C9H13BrN6O2/c1-13-9-14-2-5(10)8(15-9)16(3-6(11)17)4-7(12)18/h2H,3-4H2,1H3,(H2,11,17)(H2,12,18)(H,13,14,15). The van der Waals surface area contributed by atoms with E-state index in [0.717, 1.165) is 0 Å². The van der Waals surface area contributed by atoms with Gasteiger partial charge in [-0.25, -0.2) is 4.98 Å². The van der Waals surface area contributed by atoms with Crippen LogP contribution in [0.4, 0.5) is 11.8 Å². The van der Waals surface area contributed by atoms with Crippen LogP contribution in [0.1, 0.15) is 0 Å². The van der Waals surface area contributed by atoms with Gasteiger partial charge >= 0.3 is 0 Å². The summed E-state index contributed by atoms with van der Waals surface area (Å²) in [6, 6.07) is 0. The van der Waals surface area contributed by atoms with Gasteiger partial charge in [0.25, 0.3) is 0 Å². The van der Waals surface area contributed by atoms with E-state index >= 15 is 0 Å². The zero-order chi connectivity index (χ0) is 13.7. The van der Waals surface area contributed by atoms with Crippen LogP contribution in [0, 0.1) is 0 Å². The number of carbonyl (C=O) groups is 2. The number of nitrogens with two attached hydrogens (primary N) is 2. The van der Waals surface area contributed by atoms with Crippen molar-refractivity contribution in [2.75, 3.05) is 30.4 Å². The van der Waals surface area contributed by atoms with Crippen LogP contribution in [-0.2, 0) is 9.59 Å². The number of hydrogen-bond donors (Lipinski definition) is 3. The molecule has 0 unspecified atom stereocenters. The van der Waals surface area contributed by atoms with Crippen LogP contribution in [-0.4, -0.2) is 41.9 Å². The number of nitrogens with one attached hydrogen (secondary N) is 1. The number of halogens is 1. The van der Waals surface area contributed by atoms with Gasteiger partial charge in [0.05, 0.1) is 17.6 Å². The Bertz CT molecular complexity index is 450. The summed E-state index contributed by atoms with van der Waals surface area (Å²) in [4.78, 5) is 31.4. The van der Waals surface area contributed by atoms with Gasteiger partial charge in [0, 0.05) is 13.2 Å². The zero-order valence-corrected chi connectivity index (χ0v) is 11.3. The summed E-state index contributed by atoms with van der Waals surface area (Å²) in [6.45, 7) is -0.330. The van der Waals surface area contributed by atoms with Crippen LogP contribution in [0.3, 0.4) is 0 Å². The highest BCUT2D eigenvalue weighted by Gasteiger charge is 2.17. The van der Waals surface area contributed by atoms with Gasteiger partial charge in [0.2, 0.25) is 17.8 Å². The van der Waals surface area contributed by atoms with E-state index < -0.39 is 11.8 Å². The molecule has 0 aromatic carbocycles. The molecule has 1 heterocycles. The summed E-state index contributed by atoms with van der Waals surface area (Å²) in [5.74, 6) is -0.459. The lowest BCUT2D eigenvalue weighted by Gasteiger charge is -2.21. The molecule has 0 bridgehead atoms. The normalized spacial score (nSPS) is 9.89. The Morgan fingerprint density at radius 1 is 1.39 bits per heavy atom. The number of anilines is 2. The predicted molar refractivity (Wildman–Crippen MR) is 69.9 cm³/mol. The molecule has 18 heavy (non-hydrogen) atoms. The predicted octanol–water partition coefficient (Wildman–Crippen LogP) is -0.942. The molecule has 0 saturated carbocycles. The molecular weight excluding hydrogens is 304 g/mol. The first kappa shape index (κ1) is 14.2. The first-order chi connectivity index (χ1) is 8.43. The molecule has 5 N–H and O–H groups in total. The molecule has 9 heteroatoms. The molecule has 0 aliphatic carbocycles. The topological polar surface area (TPSA) is 127 Å². The third kappa shape index (κ3) is 3.84. The second-order valence-corrected chi connectivity index (χ2v) is 4.26. The third-order valence-corrected chi connectivity index (χ3v) is 2.50. The first-order valence-corrected chi connectivity index (χ1v) is 5.75. The van der Waals surface area contributed by atoms with E-state index in [1.54, 1.807) is 7.05 Å². The third-order valence-electron chi connectivity index (χ3n) is 1.94. The maximum atomic E-state index is 11.0. The Hall–Kier alpha value is -1.90. The van der Waals surface area contributed by atoms with E-state index in [9.17, 15) is 9.59 Å². The number of primary amides is 2. The lowest BCUT2D eigenvalue weighted by molar-refractivity contribution is -0.117. The van der Waals surface area contributed by atoms with Gasteiger partial charge in [0.15, 0.2) is 0 Å².